The van der Waals surface area contributed by atoms with E-state index in [9.17, 15) is 4.39 Å². The van der Waals surface area contributed by atoms with E-state index in [0.717, 1.165) is 12.8 Å². The van der Waals surface area contributed by atoms with E-state index >= 15 is 0 Å². The summed E-state index contributed by atoms with van der Waals surface area (Å²) in [6, 6.07) is 6.02. The number of nitrogens with zero attached hydrogens (tertiary/aromatic N) is 1. The molecule has 0 amide bonds. The number of benzene rings is 1. The summed E-state index contributed by atoms with van der Waals surface area (Å²) < 4.78 is 18.2. The third kappa shape index (κ3) is 10.3. The molecular formula is C15H25FIN3O. The zero-order chi connectivity index (χ0) is 15.0. The lowest BCUT2D eigenvalue weighted by atomic mass is 10.1. The molecule has 0 aliphatic carbocycles. The molecule has 4 nitrogen and oxygen atoms in total. The van der Waals surface area contributed by atoms with Gasteiger partial charge in [-0.1, -0.05) is 0 Å². The number of rotatable bonds is 6. The predicted molar refractivity (Wildman–Crippen MR) is 95.9 cm³/mol. The topological polar surface area (TPSA) is 59.6 Å². The molecule has 6 heteroatoms. The highest BCUT2D eigenvalue weighted by atomic mass is 127. The summed E-state index contributed by atoms with van der Waals surface area (Å²) in [6.45, 7) is 7.36. The fourth-order valence-electron chi connectivity index (χ4n) is 1.56. The highest BCUT2D eigenvalue weighted by Crippen LogP contribution is 2.11. The lowest BCUT2D eigenvalue weighted by Crippen LogP contribution is -2.45. The maximum Gasteiger partial charge on any atom is 0.188 e. The third-order valence-electron chi connectivity index (χ3n) is 2.42. The third-order valence-corrected chi connectivity index (χ3v) is 2.42. The van der Waals surface area contributed by atoms with Crippen molar-refractivity contribution in [1.82, 2.24) is 5.32 Å². The largest absolute Gasteiger partial charge is 0.494 e. The van der Waals surface area contributed by atoms with Crippen LogP contribution in [0.1, 0.15) is 33.6 Å². The van der Waals surface area contributed by atoms with Crippen molar-refractivity contribution in [3.8, 4) is 5.75 Å². The van der Waals surface area contributed by atoms with E-state index in [2.05, 4.69) is 10.3 Å². The predicted octanol–water partition coefficient (Wildman–Crippen LogP) is 3.31. The van der Waals surface area contributed by atoms with Crippen LogP contribution in [0.15, 0.2) is 29.3 Å². The highest BCUT2D eigenvalue weighted by molar-refractivity contribution is 14.0. The molecule has 0 fully saturated rings. The van der Waals surface area contributed by atoms with Crippen LogP contribution in [0.5, 0.6) is 5.75 Å². The minimum atomic E-state index is -0.256. The Labute approximate surface area is 143 Å². The van der Waals surface area contributed by atoms with Crippen LogP contribution in [0.25, 0.3) is 0 Å². The fraction of sp³-hybridized carbons (Fsp3) is 0.533. The van der Waals surface area contributed by atoms with Crippen LogP contribution in [0.2, 0.25) is 0 Å². The first-order chi connectivity index (χ1) is 9.37. The zero-order valence-corrected chi connectivity index (χ0v) is 15.2. The van der Waals surface area contributed by atoms with Gasteiger partial charge in [-0.25, -0.2) is 4.39 Å². The van der Waals surface area contributed by atoms with Crippen LogP contribution in [0.4, 0.5) is 4.39 Å². The van der Waals surface area contributed by atoms with Gasteiger partial charge < -0.3 is 15.8 Å². The maximum atomic E-state index is 12.7. The Kier molecular flexibility index (Phi) is 9.32. The van der Waals surface area contributed by atoms with E-state index in [1.807, 2.05) is 20.8 Å². The van der Waals surface area contributed by atoms with Crippen LogP contribution in [0.3, 0.4) is 0 Å². The lowest BCUT2D eigenvalue weighted by Gasteiger charge is -2.20. The fourth-order valence-corrected chi connectivity index (χ4v) is 1.56. The molecule has 3 N–H and O–H groups in total. The molecule has 0 aliphatic heterocycles. The number of nitrogens with one attached hydrogen (secondary N) is 1. The summed E-state index contributed by atoms with van der Waals surface area (Å²) in [7, 11) is 0. The van der Waals surface area contributed by atoms with Crippen molar-refractivity contribution >= 4 is 29.9 Å². The van der Waals surface area contributed by atoms with Gasteiger partial charge in [-0.05, 0) is 57.9 Å². The van der Waals surface area contributed by atoms with Crippen LogP contribution in [0, 0.1) is 5.82 Å². The molecular weight excluding hydrogens is 384 g/mol. The van der Waals surface area contributed by atoms with Gasteiger partial charge in [0.1, 0.15) is 11.6 Å². The molecule has 0 saturated carbocycles. The Balaban J connectivity index is 0.00000400. The Hall–Kier alpha value is -1.05. The van der Waals surface area contributed by atoms with Gasteiger partial charge in [-0.15, -0.1) is 24.0 Å². The average Bonchev–Trinajstić information content (AvgIpc) is 2.33. The number of aliphatic imine (C=N–C) groups is 1. The lowest BCUT2D eigenvalue weighted by molar-refractivity contribution is 0.307. The van der Waals surface area contributed by atoms with E-state index in [1.54, 1.807) is 12.1 Å². The second-order valence-electron chi connectivity index (χ2n) is 5.65. The van der Waals surface area contributed by atoms with Gasteiger partial charge in [0, 0.05) is 12.1 Å². The van der Waals surface area contributed by atoms with Crippen molar-refractivity contribution in [3.63, 3.8) is 0 Å². The first-order valence-corrected chi connectivity index (χ1v) is 6.83. The van der Waals surface area contributed by atoms with E-state index in [1.165, 1.54) is 12.1 Å². The average molecular weight is 409 g/mol. The van der Waals surface area contributed by atoms with Gasteiger partial charge in [0.15, 0.2) is 5.96 Å². The van der Waals surface area contributed by atoms with Gasteiger partial charge in [0.25, 0.3) is 0 Å². The van der Waals surface area contributed by atoms with Crippen LogP contribution < -0.4 is 15.8 Å². The normalized spacial score (nSPS) is 11.7. The molecule has 0 heterocycles. The molecule has 0 aromatic heterocycles. The minimum Gasteiger partial charge on any atom is -0.494 e. The number of halogens is 2. The molecule has 0 saturated heterocycles. The van der Waals surface area contributed by atoms with Crippen molar-refractivity contribution in [2.75, 3.05) is 13.2 Å². The molecule has 1 aromatic carbocycles. The van der Waals surface area contributed by atoms with Gasteiger partial charge in [0.2, 0.25) is 0 Å². The van der Waals surface area contributed by atoms with Crippen molar-refractivity contribution in [2.24, 2.45) is 10.7 Å². The van der Waals surface area contributed by atoms with E-state index in [4.69, 9.17) is 10.5 Å². The summed E-state index contributed by atoms with van der Waals surface area (Å²) in [4.78, 5) is 4.24. The van der Waals surface area contributed by atoms with Crippen molar-refractivity contribution < 1.29 is 9.13 Å². The Morgan fingerprint density at radius 3 is 2.43 bits per heavy atom. The number of guanidine groups is 1. The van der Waals surface area contributed by atoms with Gasteiger partial charge in [-0.3, -0.25) is 4.99 Å². The van der Waals surface area contributed by atoms with Gasteiger partial charge in [-0.2, -0.15) is 0 Å². The number of unbranched alkanes of at least 4 members (excludes halogenated alkanes) is 1. The first-order valence-electron chi connectivity index (χ1n) is 6.83. The Morgan fingerprint density at radius 1 is 1.24 bits per heavy atom. The highest BCUT2D eigenvalue weighted by Gasteiger charge is 2.09. The second kappa shape index (κ2) is 9.81. The molecule has 0 unspecified atom stereocenters. The Bertz CT molecular complexity index is 430. The smallest absolute Gasteiger partial charge is 0.188 e. The summed E-state index contributed by atoms with van der Waals surface area (Å²) in [6.07, 6.45) is 1.78. The molecule has 0 aliphatic rings. The molecule has 1 aromatic rings. The van der Waals surface area contributed by atoms with E-state index < -0.39 is 0 Å². The molecule has 0 bridgehead atoms. The summed E-state index contributed by atoms with van der Waals surface area (Å²) >= 11 is 0. The summed E-state index contributed by atoms with van der Waals surface area (Å²) in [5, 5.41) is 3.10. The quantitative estimate of drug-likeness (QED) is 0.328. The molecule has 0 spiro atoms. The molecule has 1 rings (SSSR count). The van der Waals surface area contributed by atoms with Crippen LogP contribution >= 0.6 is 24.0 Å². The number of hydrogen-bond acceptors (Lipinski definition) is 2. The first kappa shape index (κ1) is 19.9. The van der Waals surface area contributed by atoms with E-state index in [-0.39, 0.29) is 35.3 Å². The Morgan fingerprint density at radius 2 is 1.86 bits per heavy atom. The van der Waals surface area contributed by atoms with Crippen molar-refractivity contribution in [2.45, 2.75) is 39.2 Å². The van der Waals surface area contributed by atoms with Crippen LogP contribution in [-0.4, -0.2) is 24.7 Å². The van der Waals surface area contributed by atoms with Gasteiger partial charge >= 0.3 is 0 Å². The molecule has 0 atom stereocenters. The number of hydrogen-bond donors (Lipinski definition) is 2. The van der Waals surface area contributed by atoms with Crippen LogP contribution in [-0.2, 0) is 0 Å². The zero-order valence-electron chi connectivity index (χ0n) is 12.9. The standard InChI is InChI=1S/C15H24FN3O.HI/c1-15(2,3)19-14(17)18-10-4-5-11-20-13-8-6-12(16)7-9-13;/h6-9H,4-5,10-11H2,1-3H3,(H3,17,18,19);1H. The summed E-state index contributed by atoms with van der Waals surface area (Å²) in [5.41, 5.74) is 5.68. The minimum absolute atomic E-state index is 0. The SMILES string of the molecule is CC(C)(C)NC(N)=NCCCCOc1ccc(F)cc1.I. The van der Waals surface area contributed by atoms with Gasteiger partial charge in [0.05, 0.1) is 6.61 Å². The van der Waals surface area contributed by atoms with Crippen molar-refractivity contribution in [3.05, 3.63) is 30.1 Å². The summed E-state index contributed by atoms with van der Waals surface area (Å²) in [5.74, 6) is 0.897. The molecule has 0 radical (unpaired) electrons. The molecule has 21 heavy (non-hydrogen) atoms. The number of nitrogens with two attached hydrogens (primary N) is 1. The maximum absolute atomic E-state index is 12.7. The molecule has 120 valence electrons. The monoisotopic (exact) mass is 409 g/mol. The van der Waals surface area contributed by atoms with Crippen molar-refractivity contribution in [1.29, 1.82) is 0 Å². The van der Waals surface area contributed by atoms with E-state index in [0.29, 0.717) is 24.9 Å². The second-order valence-corrected chi connectivity index (χ2v) is 5.65. The number of ether oxygens (including phenoxy) is 1.